The zero-order valence-electron chi connectivity index (χ0n) is 14.9. The summed E-state index contributed by atoms with van der Waals surface area (Å²) in [6, 6.07) is 6.01. The van der Waals surface area contributed by atoms with Crippen LogP contribution in [-0.2, 0) is 4.79 Å². The maximum Gasteiger partial charge on any atom is 0.226 e. The highest BCUT2D eigenvalue weighted by Gasteiger charge is 2.54. The number of nitrogens with one attached hydrogen (secondary N) is 1. The molecule has 1 aromatic carbocycles. The van der Waals surface area contributed by atoms with E-state index in [0.29, 0.717) is 13.2 Å². The monoisotopic (exact) mass is 341 g/mol. The molecule has 1 N–H and O–H groups in total. The summed E-state index contributed by atoms with van der Waals surface area (Å²) in [5, 5.41) is 3.32. The maximum absolute atomic E-state index is 13.2. The molecule has 1 aromatic rings. The molecule has 0 radical (unpaired) electrons. The number of amides is 1. The van der Waals surface area contributed by atoms with Crippen molar-refractivity contribution < 1.29 is 14.3 Å². The van der Waals surface area contributed by atoms with Crippen LogP contribution in [0.4, 0.5) is 0 Å². The van der Waals surface area contributed by atoms with Crippen molar-refractivity contribution in [2.45, 2.75) is 51.5 Å². The first-order valence-corrected chi connectivity index (χ1v) is 9.82. The molecule has 0 aromatic heterocycles. The van der Waals surface area contributed by atoms with Gasteiger partial charge in [0.1, 0.15) is 13.2 Å². The summed E-state index contributed by atoms with van der Waals surface area (Å²) in [4.78, 5) is 13.2. The van der Waals surface area contributed by atoms with Gasteiger partial charge in [0.15, 0.2) is 11.5 Å². The first kappa shape index (κ1) is 15.5. The molecule has 5 aliphatic rings. The topological polar surface area (TPSA) is 47.6 Å². The van der Waals surface area contributed by atoms with Crippen molar-refractivity contribution in [2.24, 2.45) is 23.2 Å². The van der Waals surface area contributed by atoms with E-state index in [0.717, 1.165) is 54.1 Å². The van der Waals surface area contributed by atoms with Crippen molar-refractivity contribution >= 4 is 5.91 Å². The molecule has 1 amide bonds. The summed E-state index contributed by atoms with van der Waals surface area (Å²) in [5.41, 5.74) is 0.999. The number of carbonyl (C=O) groups is 1. The van der Waals surface area contributed by atoms with E-state index < -0.39 is 0 Å². The predicted octanol–water partition coefficient (Wildman–Crippen LogP) is 3.85. The van der Waals surface area contributed by atoms with Crippen LogP contribution in [0, 0.1) is 23.2 Å². The van der Waals surface area contributed by atoms with E-state index >= 15 is 0 Å². The van der Waals surface area contributed by atoms with Gasteiger partial charge in [-0.1, -0.05) is 6.07 Å². The Morgan fingerprint density at radius 1 is 1.04 bits per heavy atom. The normalized spacial score (nSPS) is 36.1. The number of rotatable bonds is 3. The Bertz CT molecular complexity index is 663. The van der Waals surface area contributed by atoms with Crippen molar-refractivity contribution in [1.82, 2.24) is 5.32 Å². The van der Waals surface area contributed by atoms with Gasteiger partial charge >= 0.3 is 0 Å². The molecule has 0 unspecified atom stereocenters. The van der Waals surface area contributed by atoms with Crippen LogP contribution in [-0.4, -0.2) is 19.1 Å². The first-order valence-electron chi connectivity index (χ1n) is 9.82. The molecule has 4 saturated carbocycles. The van der Waals surface area contributed by atoms with Crippen molar-refractivity contribution in [3.63, 3.8) is 0 Å². The third-order valence-corrected chi connectivity index (χ3v) is 6.93. The van der Waals surface area contributed by atoms with Crippen LogP contribution in [0.1, 0.15) is 57.1 Å². The smallest absolute Gasteiger partial charge is 0.226 e. The van der Waals surface area contributed by atoms with Crippen LogP contribution in [0.5, 0.6) is 11.5 Å². The second kappa shape index (κ2) is 5.65. The number of hydrogen-bond donors (Lipinski definition) is 1. The van der Waals surface area contributed by atoms with Gasteiger partial charge in [-0.25, -0.2) is 0 Å². The lowest BCUT2D eigenvalue weighted by Crippen LogP contribution is -2.53. The Hall–Kier alpha value is -1.71. The molecule has 1 aliphatic heterocycles. The summed E-state index contributed by atoms with van der Waals surface area (Å²) >= 11 is 0. The van der Waals surface area contributed by atoms with E-state index in [2.05, 4.69) is 12.2 Å². The highest BCUT2D eigenvalue weighted by Crippen LogP contribution is 2.60. The van der Waals surface area contributed by atoms with Crippen molar-refractivity contribution in [3.8, 4) is 11.5 Å². The third-order valence-electron chi connectivity index (χ3n) is 6.93. The number of benzene rings is 1. The molecule has 0 spiro atoms. The van der Waals surface area contributed by atoms with E-state index in [9.17, 15) is 4.79 Å². The summed E-state index contributed by atoms with van der Waals surface area (Å²) in [7, 11) is 0. The number of carbonyl (C=O) groups excluding carboxylic acids is 1. The van der Waals surface area contributed by atoms with Gasteiger partial charge in [-0.3, -0.25) is 4.79 Å². The molecular formula is C21H27NO3. The van der Waals surface area contributed by atoms with E-state index in [1.807, 2.05) is 18.2 Å². The second-order valence-corrected chi connectivity index (χ2v) is 8.80. The molecule has 4 bridgehead atoms. The van der Waals surface area contributed by atoms with Gasteiger partial charge in [-0.2, -0.15) is 0 Å². The maximum atomic E-state index is 13.2. The summed E-state index contributed by atoms with van der Waals surface area (Å²) in [5.74, 6) is 4.26. The predicted molar refractivity (Wildman–Crippen MR) is 94.6 cm³/mol. The van der Waals surface area contributed by atoms with Gasteiger partial charge in [0.05, 0.1) is 6.04 Å². The fraction of sp³-hybridized carbons (Fsp3) is 0.667. The van der Waals surface area contributed by atoms with Crippen molar-refractivity contribution in [2.75, 3.05) is 13.2 Å². The van der Waals surface area contributed by atoms with E-state index in [4.69, 9.17) is 9.47 Å². The zero-order chi connectivity index (χ0) is 17.0. The minimum absolute atomic E-state index is 0.00340. The molecule has 6 rings (SSSR count). The fourth-order valence-electron chi connectivity index (χ4n) is 6.15. The third kappa shape index (κ3) is 2.61. The van der Waals surface area contributed by atoms with Crippen LogP contribution < -0.4 is 14.8 Å². The summed E-state index contributed by atoms with van der Waals surface area (Å²) in [6.07, 6.45) is 7.43. The molecule has 4 aliphatic carbocycles. The van der Waals surface area contributed by atoms with E-state index in [-0.39, 0.29) is 17.4 Å². The molecule has 4 fully saturated rings. The average Bonchev–Trinajstić information content (AvgIpc) is 2.60. The minimum atomic E-state index is -0.0865. The van der Waals surface area contributed by atoms with E-state index in [1.54, 1.807) is 0 Å². The SMILES string of the molecule is C[C@H](NC(=O)C12CC3CC(CC(C3)C1)C2)c1ccc2c(c1)OCCO2. The van der Waals surface area contributed by atoms with Gasteiger partial charge in [0.2, 0.25) is 5.91 Å². The van der Waals surface area contributed by atoms with E-state index in [1.165, 1.54) is 19.3 Å². The molecule has 1 atom stereocenters. The number of fused-ring (bicyclic) bond motifs is 1. The molecular weight excluding hydrogens is 314 g/mol. The van der Waals surface area contributed by atoms with Crippen molar-refractivity contribution in [1.29, 1.82) is 0 Å². The van der Waals surface area contributed by atoms with Crippen LogP contribution >= 0.6 is 0 Å². The van der Waals surface area contributed by atoms with Gasteiger partial charge in [-0.05, 0) is 80.9 Å². The number of hydrogen-bond acceptors (Lipinski definition) is 3. The Kier molecular flexibility index (Phi) is 3.51. The lowest BCUT2D eigenvalue weighted by molar-refractivity contribution is -0.147. The Balaban J connectivity index is 1.32. The quantitative estimate of drug-likeness (QED) is 0.908. The Morgan fingerprint density at radius 3 is 2.28 bits per heavy atom. The molecule has 25 heavy (non-hydrogen) atoms. The Labute approximate surface area is 149 Å². The largest absolute Gasteiger partial charge is 0.486 e. The van der Waals surface area contributed by atoms with Crippen LogP contribution in [0.15, 0.2) is 18.2 Å². The molecule has 134 valence electrons. The van der Waals surface area contributed by atoms with Gasteiger partial charge in [0, 0.05) is 5.41 Å². The molecule has 4 heteroatoms. The molecule has 4 nitrogen and oxygen atoms in total. The van der Waals surface area contributed by atoms with Crippen LogP contribution in [0.2, 0.25) is 0 Å². The Morgan fingerprint density at radius 2 is 1.64 bits per heavy atom. The summed E-state index contributed by atoms with van der Waals surface area (Å²) in [6.45, 7) is 3.26. The lowest BCUT2D eigenvalue weighted by Gasteiger charge is -2.55. The molecule has 1 heterocycles. The highest BCUT2D eigenvalue weighted by atomic mass is 16.6. The van der Waals surface area contributed by atoms with Gasteiger partial charge in [0.25, 0.3) is 0 Å². The lowest BCUT2D eigenvalue weighted by atomic mass is 9.49. The standard InChI is InChI=1S/C21H27NO3/c1-13(17-2-3-18-19(9-17)25-5-4-24-18)22-20(23)21-10-14-6-15(11-21)8-16(7-14)12-21/h2-3,9,13-16H,4-8,10-12H2,1H3,(H,22,23)/t13-,14?,15?,16?,21?/m0/s1. The van der Waals surface area contributed by atoms with Crippen molar-refractivity contribution in [3.05, 3.63) is 23.8 Å². The first-order chi connectivity index (χ1) is 12.1. The van der Waals surface area contributed by atoms with Crippen LogP contribution in [0.3, 0.4) is 0 Å². The average molecular weight is 341 g/mol. The van der Waals surface area contributed by atoms with Crippen LogP contribution in [0.25, 0.3) is 0 Å². The molecule has 0 saturated heterocycles. The summed E-state index contributed by atoms with van der Waals surface area (Å²) < 4.78 is 11.3. The van der Waals surface area contributed by atoms with Gasteiger partial charge < -0.3 is 14.8 Å². The minimum Gasteiger partial charge on any atom is -0.486 e. The second-order valence-electron chi connectivity index (χ2n) is 8.80. The van der Waals surface area contributed by atoms with Gasteiger partial charge in [-0.15, -0.1) is 0 Å². The fourth-order valence-corrected chi connectivity index (χ4v) is 6.15. The number of ether oxygens (including phenoxy) is 2. The zero-order valence-corrected chi connectivity index (χ0v) is 14.9. The highest BCUT2D eigenvalue weighted by molar-refractivity contribution is 5.83.